The monoisotopic (exact) mass is 455 g/mol. The molecule has 1 rings (SSSR count). The number of guanidine groups is 1. The van der Waals surface area contributed by atoms with Gasteiger partial charge < -0.3 is 19.7 Å². The van der Waals surface area contributed by atoms with Gasteiger partial charge in [-0.05, 0) is 40.5 Å². The van der Waals surface area contributed by atoms with Gasteiger partial charge in [-0.2, -0.15) is 0 Å². The molecule has 8 heteroatoms. The van der Waals surface area contributed by atoms with Gasteiger partial charge in [-0.1, -0.05) is 0 Å². The molecular weight excluding hydrogens is 425 g/mol. The van der Waals surface area contributed by atoms with Gasteiger partial charge in [-0.25, -0.2) is 4.99 Å². The molecule has 1 N–H and O–H groups in total. The van der Waals surface area contributed by atoms with Crippen LogP contribution in [0.15, 0.2) is 4.99 Å². The quantitative estimate of drug-likeness (QED) is 0.302. The summed E-state index contributed by atoms with van der Waals surface area (Å²) >= 11 is 0. The van der Waals surface area contributed by atoms with Gasteiger partial charge in [0.05, 0.1) is 13.0 Å². The molecule has 0 aromatic heterocycles. The number of esters is 2. The second-order valence-electron chi connectivity index (χ2n) is 6.54. The zero-order valence-electron chi connectivity index (χ0n) is 15.3. The van der Waals surface area contributed by atoms with Crippen molar-refractivity contribution in [2.24, 2.45) is 10.9 Å². The Morgan fingerprint density at radius 2 is 1.83 bits per heavy atom. The van der Waals surface area contributed by atoms with Crippen molar-refractivity contribution in [1.29, 1.82) is 0 Å². The van der Waals surface area contributed by atoms with E-state index in [1.54, 1.807) is 0 Å². The fourth-order valence-electron chi connectivity index (χ4n) is 2.43. The Bertz CT molecular complexity index is 441. The molecule has 0 atom stereocenters. The normalized spacial score (nSPS) is 16.2. The minimum Gasteiger partial charge on any atom is -0.469 e. The van der Waals surface area contributed by atoms with Crippen molar-refractivity contribution in [1.82, 2.24) is 10.2 Å². The number of hydrogen-bond donors (Lipinski definition) is 1. The van der Waals surface area contributed by atoms with Crippen LogP contribution < -0.4 is 5.32 Å². The highest BCUT2D eigenvalue weighted by Gasteiger charge is 2.27. The molecule has 1 aliphatic rings. The fraction of sp³-hybridized carbons (Fsp3) is 0.812. The first-order chi connectivity index (χ1) is 10.8. The number of rotatable bonds is 4. The van der Waals surface area contributed by atoms with Gasteiger partial charge in [0.1, 0.15) is 12.1 Å². The minimum absolute atomic E-state index is 0. The van der Waals surface area contributed by atoms with E-state index in [4.69, 9.17) is 9.47 Å². The van der Waals surface area contributed by atoms with E-state index in [0.717, 1.165) is 12.8 Å². The van der Waals surface area contributed by atoms with E-state index in [-0.39, 0.29) is 48.4 Å². The highest BCUT2D eigenvalue weighted by molar-refractivity contribution is 14.0. The molecule has 1 saturated heterocycles. The Labute approximate surface area is 161 Å². The van der Waals surface area contributed by atoms with Gasteiger partial charge in [0.2, 0.25) is 0 Å². The lowest BCUT2D eigenvalue weighted by Crippen LogP contribution is -2.47. The van der Waals surface area contributed by atoms with Crippen LogP contribution in [0.4, 0.5) is 0 Å². The van der Waals surface area contributed by atoms with Gasteiger partial charge in [0.15, 0.2) is 5.96 Å². The number of halogens is 1. The maximum Gasteiger partial charge on any atom is 0.328 e. The van der Waals surface area contributed by atoms with E-state index < -0.39 is 5.60 Å². The highest BCUT2D eigenvalue weighted by Crippen LogP contribution is 2.18. The zero-order valence-corrected chi connectivity index (χ0v) is 17.6. The molecule has 1 heterocycles. The van der Waals surface area contributed by atoms with Crippen LogP contribution in [0.1, 0.15) is 40.5 Å². The molecule has 1 fully saturated rings. The number of piperidine rings is 1. The Morgan fingerprint density at radius 1 is 1.25 bits per heavy atom. The molecule has 0 bridgehead atoms. The summed E-state index contributed by atoms with van der Waals surface area (Å²) < 4.78 is 10.1. The van der Waals surface area contributed by atoms with Crippen molar-refractivity contribution in [2.75, 3.05) is 33.3 Å². The van der Waals surface area contributed by atoms with E-state index in [1.165, 1.54) is 7.11 Å². The average molecular weight is 455 g/mol. The fourth-order valence-corrected chi connectivity index (χ4v) is 2.43. The number of likely N-dealkylation sites (tertiary alicyclic amines) is 1. The van der Waals surface area contributed by atoms with Gasteiger partial charge in [-0.3, -0.25) is 9.59 Å². The van der Waals surface area contributed by atoms with Crippen molar-refractivity contribution in [3.05, 3.63) is 0 Å². The van der Waals surface area contributed by atoms with E-state index in [2.05, 4.69) is 15.2 Å². The van der Waals surface area contributed by atoms with Gasteiger partial charge in [0.25, 0.3) is 0 Å². The van der Waals surface area contributed by atoms with Crippen molar-refractivity contribution >= 4 is 41.9 Å². The van der Waals surface area contributed by atoms with Gasteiger partial charge >= 0.3 is 11.9 Å². The summed E-state index contributed by atoms with van der Waals surface area (Å²) in [5.41, 5.74) is -0.510. The first-order valence-corrected chi connectivity index (χ1v) is 8.09. The van der Waals surface area contributed by atoms with Gasteiger partial charge in [-0.15, -0.1) is 24.0 Å². The van der Waals surface area contributed by atoms with E-state index in [1.807, 2.05) is 27.7 Å². The van der Waals surface area contributed by atoms with Crippen LogP contribution in [0.2, 0.25) is 0 Å². The second kappa shape index (κ2) is 10.7. The van der Waals surface area contributed by atoms with E-state index >= 15 is 0 Å². The molecule has 0 unspecified atom stereocenters. The van der Waals surface area contributed by atoms with E-state index in [0.29, 0.717) is 25.6 Å². The number of aliphatic imine (C=N–C) groups is 1. The SMILES string of the molecule is CCNC(=NCC(=O)OC(C)(C)C)N1CCC(C(=O)OC)CC1.I. The average Bonchev–Trinajstić information content (AvgIpc) is 2.49. The minimum atomic E-state index is -0.510. The van der Waals surface area contributed by atoms with Crippen LogP contribution >= 0.6 is 24.0 Å². The molecule has 0 spiro atoms. The Kier molecular flexibility index (Phi) is 10.3. The summed E-state index contributed by atoms with van der Waals surface area (Å²) in [6, 6.07) is 0. The summed E-state index contributed by atoms with van der Waals surface area (Å²) in [4.78, 5) is 29.8. The number of hydrogen-bond acceptors (Lipinski definition) is 5. The Hall–Kier alpha value is -1.06. The summed E-state index contributed by atoms with van der Waals surface area (Å²) in [5, 5.41) is 3.18. The molecule has 0 saturated carbocycles. The van der Waals surface area contributed by atoms with Gasteiger partial charge in [0, 0.05) is 19.6 Å². The Morgan fingerprint density at radius 3 is 2.29 bits per heavy atom. The number of nitrogens with one attached hydrogen (secondary N) is 1. The maximum absolute atomic E-state index is 11.8. The third-order valence-corrected chi connectivity index (χ3v) is 3.44. The van der Waals surface area contributed by atoms with Crippen molar-refractivity contribution in [3.8, 4) is 0 Å². The number of carbonyl (C=O) groups excluding carboxylic acids is 2. The van der Waals surface area contributed by atoms with Crippen LogP contribution in [0.25, 0.3) is 0 Å². The predicted octanol–water partition coefficient (Wildman–Crippen LogP) is 1.80. The number of nitrogens with zero attached hydrogens (tertiary/aromatic N) is 2. The largest absolute Gasteiger partial charge is 0.469 e. The predicted molar refractivity (Wildman–Crippen MR) is 104 cm³/mol. The smallest absolute Gasteiger partial charge is 0.328 e. The molecule has 1 aliphatic heterocycles. The molecule has 7 nitrogen and oxygen atoms in total. The van der Waals surface area contributed by atoms with Crippen LogP contribution in [-0.4, -0.2) is 61.7 Å². The summed E-state index contributed by atoms with van der Waals surface area (Å²) in [7, 11) is 1.42. The molecule has 0 aromatic rings. The molecular formula is C16H30IN3O4. The molecule has 0 radical (unpaired) electrons. The van der Waals surface area contributed by atoms with Crippen LogP contribution in [0, 0.1) is 5.92 Å². The van der Waals surface area contributed by atoms with Crippen LogP contribution in [-0.2, 0) is 19.1 Å². The zero-order chi connectivity index (χ0) is 17.5. The standard InChI is InChI=1S/C16H29N3O4.HI/c1-6-17-15(18-11-13(20)23-16(2,3)4)19-9-7-12(8-10-19)14(21)22-5;/h12H,6-11H2,1-5H3,(H,17,18);1H. The van der Waals surface area contributed by atoms with Crippen LogP contribution in [0.5, 0.6) is 0 Å². The molecule has 140 valence electrons. The third-order valence-electron chi connectivity index (χ3n) is 3.44. The summed E-state index contributed by atoms with van der Waals surface area (Å²) in [6.07, 6.45) is 1.45. The molecule has 24 heavy (non-hydrogen) atoms. The summed E-state index contributed by atoms with van der Waals surface area (Å²) in [6.45, 7) is 9.58. The van der Waals surface area contributed by atoms with Crippen LogP contribution in [0.3, 0.4) is 0 Å². The Balaban J connectivity index is 0.00000529. The lowest BCUT2D eigenvalue weighted by Gasteiger charge is -2.33. The third kappa shape index (κ3) is 8.16. The van der Waals surface area contributed by atoms with Crippen molar-refractivity contribution < 1.29 is 19.1 Å². The van der Waals surface area contributed by atoms with Crippen molar-refractivity contribution in [2.45, 2.75) is 46.1 Å². The molecule has 0 amide bonds. The molecule has 0 aromatic carbocycles. The number of ether oxygens (including phenoxy) is 2. The lowest BCUT2D eigenvalue weighted by molar-refractivity contribution is -0.152. The maximum atomic E-state index is 11.8. The number of carbonyl (C=O) groups is 2. The number of methoxy groups -OCH3 is 1. The second-order valence-corrected chi connectivity index (χ2v) is 6.54. The lowest BCUT2D eigenvalue weighted by atomic mass is 9.97. The highest BCUT2D eigenvalue weighted by atomic mass is 127. The first kappa shape index (κ1) is 22.9. The van der Waals surface area contributed by atoms with E-state index in [9.17, 15) is 9.59 Å². The molecule has 0 aliphatic carbocycles. The summed E-state index contributed by atoms with van der Waals surface area (Å²) in [5.74, 6) is 0.129. The van der Waals surface area contributed by atoms with Crippen molar-refractivity contribution in [3.63, 3.8) is 0 Å². The first-order valence-electron chi connectivity index (χ1n) is 8.09. The topological polar surface area (TPSA) is 80.2 Å².